The van der Waals surface area contributed by atoms with Crippen molar-refractivity contribution in [1.82, 2.24) is 0 Å². The Balaban J connectivity index is 2.47. The summed E-state index contributed by atoms with van der Waals surface area (Å²) in [5.74, 6) is -0.277. The first-order chi connectivity index (χ1) is 8.09. The Morgan fingerprint density at radius 3 is 2.35 bits per heavy atom. The van der Waals surface area contributed by atoms with Crippen molar-refractivity contribution in [1.29, 1.82) is 0 Å². The summed E-state index contributed by atoms with van der Waals surface area (Å²) in [6.45, 7) is 1.69. The Hall–Kier alpha value is -2.23. The molecular weight excluding hydrogens is 221 g/mol. The molecule has 2 rings (SSSR count). The van der Waals surface area contributed by atoms with Gasteiger partial charge in [-0.15, -0.1) is 0 Å². The first kappa shape index (κ1) is 11.3. The third-order valence-electron chi connectivity index (χ3n) is 2.66. The van der Waals surface area contributed by atoms with Gasteiger partial charge in [0.05, 0.1) is 4.92 Å². The minimum Gasteiger partial charge on any atom is -0.258 e. The Morgan fingerprint density at radius 2 is 1.76 bits per heavy atom. The molecule has 0 radical (unpaired) electrons. The minimum atomic E-state index is -0.456. The van der Waals surface area contributed by atoms with Crippen LogP contribution in [-0.2, 0) is 0 Å². The number of rotatable bonds is 2. The van der Waals surface area contributed by atoms with Crippen LogP contribution in [0.5, 0.6) is 0 Å². The van der Waals surface area contributed by atoms with Crippen LogP contribution in [0.25, 0.3) is 11.1 Å². The molecule has 86 valence electrons. The van der Waals surface area contributed by atoms with Crippen molar-refractivity contribution in [2.75, 3.05) is 0 Å². The van der Waals surface area contributed by atoms with E-state index in [1.54, 1.807) is 31.2 Å². The monoisotopic (exact) mass is 231 g/mol. The van der Waals surface area contributed by atoms with E-state index in [2.05, 4.69) is 0 Å². The predicted molar refractivity (Wildman–Crippen MR) is 63.2 cm³/mol. The van der Waals surface area contributed by atoms with Gasteiger partial charge in [0, 0.05) is 12.1 Å². The standard InChI is InChI=1S/C13H10FNO2/c1-9-12(3-2-4-13(9)14)10-5-7-11(8-6-10)15(16)17/h2-8H,1H3. The van der Waals surface area contributed by atoms with E-state index in [0.717, 1.165) is 11.1 Å². The SMILES string of the molecule is Cc1c(F)cccc1-c1ccc([N+](=O)[O-])cc1. The summed E-state index contributed by atoms with van der Waals surface area (Å²) in [4.78, 5) is 10.1. The van der Waals surface area contributed by atoms with Gasteiger partial charge in [0.25, 0.3) is 5.69 Å². The normalized spacial score (nSPS) is 10.2. The summed E-state index contributed by atoms with van der Waals surface area (Å²) >= 11 is 0. The van der Waals surface area contributed by atoms with Gasteiger partial charge in [-0.2, -0.15) is 0 Å². The zero-order chi connectivity index (χ0) is 12.4. The molecule has 0 saturated carbocycles. The van der Waals surface area contributed by atoms with Crippen molar-refractivity contribution < 1.29 is 9.31 Å². The van der Waals surface area contributed by atoms with E-state index in [9.17, 15) is 14.5 Å². The molecule has 0 aliphatic carbocycles. The number of non-ortho nitro benzene ring substituents is 1. The van der Waals surface area contributed by atoms with E-state index >= 15 is 0 Å². The van der Waals surface area contributed by atoms with Gasteiger partial charge in [0.15, 0.2) is 0 Å². The molecule has 0 unspecified atom stereocenters. The molecule has 0 fully saturated rings. The average Bonchev–Trinajstić information content (AvgIpc) is 2.33. The third kappa shape index (κ3) is 2.15. The molecule has 4 heteroatoms. The van der Waals surface area contributed by atoms with Crippen molar-refractivity contribution in [2.24, 2.45) is 0 Å². The third-order valence-corrected chi connectivity index (χ3v) is 2.66. The molecule has 0 heterocycles. The second-order valence-electron chi connectivity index (χ2n) is 3.72. The van der Waals surface area contributed by atoms with Gasteiger partial charge >= 0.3 is 0 Å². The predicted octanol–water partition coefficient (Wildman–Crippen LogP) is 3.71. The quantitative estimate of drug-likeness (QED) is 0.584. The molecular formula is C13H10FNO2. The van der Waals surface area contributed by atoms with Crippen LogP contribution in [0.4, 0.5) is 10.1 Å². The second kappa shape index (κ2) is 4.33. The molecule has 0 saturated heterocycles. The van der Waals surface area contributed by atoms with Crippen LogP contribution in [0.1, 0.15) is 5.56 Å². The highest BCUT2D eigenvalue weighted by molar-refractivity contribution is 5.68. The van der Waals surface area contributed by atoms with Crippen LogP contribution >= 0.6 is 0 Å². The fourth-order valence-electron chi connectivity index (χ4n) is 1.68. The molecule has 3 nitrogen and oxygen atoms in total. The van der Waals surface area contributed by atoms with Gasteiger partial charge in [0.2, 0.25) is 0 Å². The van der Waals surface area contributed by atoms with E-state index in [1.165, 1.54) is 18.2 Å². The Kier molecular flexibility index (Phi) is 2.87. The first-order valence-electron chi connectivity index (χ1n) is 5.09. The second-order valence-corrected chi connectivity index (χ2v) is 3.72. The lowest BCUT2D eigenvalue weighted by atomic mass is 10.0. The molecule has 2 aromatic carbocycles. The van der Waals surface area contributed by atoms with Crippen molar-refractivity contribution in [3.63, 3.8) is 0 Å². The van der Waals surface area contributed by atoms with Crippen LogP contribution in [-0.4, -0.2) is 4.92 Å². The zero-order valence-electron chi connectivity index (χ0n) is 9.18. The summed E-state index contributed by atoms with van der Waals surface area (Å²) in [7, 11) is 0. The molecule has 0 aliphatic heterocycles. The van der Waals surface area contributed by atoms with Crippen LogP contribution < -0.4 is 0 Å². The molecule has 0 aromatic heterocycles. The van der Waals surface area contributed by atoms with Gasteiger partial charge in [0.1, 0.15) is 5.82 Å². The van der Waals surface area contributed by atoms with Gasteiger partial charge in [-0.25, -0.2) is 4.39 Å². The lowest BCUT2D eigenvalue weighted by molar-refractivity contribution is -0.384. The highest BCUT2D eigenvalue weighted by Gasteiger charge is 2.08. The highest BCUT2D eigenvalue weighted by Crippen LogP contribution is 2.26. The average molecular weight is 231 g/mol. The van der Waals surface area contributed by atoms with E-state index in [-0.39, 0.29) is 11.5 Å². The van der Waals surface area contributed by atoms with Crippen LogP contribution in [0.2, 0.25) is 0 Å². The maximum absolute atomic E-state index is 13.4. The highest BCUT2D eigenvalue weighted by atomic mass is 19.1. The maximum Gasteiger partial charge on any atom is 0.269 e. The molecule has 2 aromatic rings. The Morgan fingerprint density at radius 1 is 1.12 bits per heavy atom. The largest absolute Gasteiger partial charge is 0.269 e. The number of halogens is 1. The topological polar surface area (TPSA) is 43.1 Å². The van der Waals surface area contributed by atoms with Crippen LogP contribution in [0.15, 0.2) is 42.5 Å². The number of benzene rings is 2. The molecule has 0 N–H and O–H groups in total. The van der Waals surface area contributed by atoms with E-state index in [0.29, 0.717) is 5.56 Å². The fraction of sp³-hybridized carbons (Fsp3) is 0.0769. The zero-order valence-corrected chi connectivity index (χ0v) is 9.18. The van der Waals surface area contributed by atoms with Gasteiger partial charge in [-0.05, 0) is 41.8 Å². The Bertz CT molecular complexity index is 564. The number of hydrogen-bond acceptors (Lipinski definition) is 2. The van der Waals surface area contributed by atoms with Crippen molar-refractivity contribution >= 4 is 5.69 Å². The summed E-state index contributed by atoms with van der Waals surface area (Å²) in [5, 5.41) is 10.5. The summed E-state index contributed by atoms with van der Waals surface area (Å²) in [5.41, 5.74) is 2.09. The van der Waals surface area contributed by atoms with E-state index < -0.39 is 4.92 Å². The van der Waals surface area contributed by atoms with Gasteiger partial charge < -0.3 is 0 Å². The molecule has 0 spiro atoms. The van der Waals surface area contributed by atoms with Crippen LogP contribution in [0.3, 0.4) is 0 Å². The lowest BCUT2D eigenvalue weighted by Crippen LogP contribution is -1.90. The maximum atomic E-state index is 13.4. The smallest absolute Gasteiger partial charge is 0.258 e. The molecule has 0 bridgehead atoms. The molecule has 0 atom stereocenters. The summed E-state index contributed by atoms with van der Waals surface area (Å²) in [6, 6.07) is 10.9. The van der Waals surface area contributed by atoms with Crippen LogP contribution in [0, 0.1) is 22.9 Å². The number of hydrogen-bond donors (Lipinski definition) is 0. The van der Waals surface area contributed by atoms with Gasteiger partial charge in [-0.3, -0.25) is 10.1 Å². The summed E-state index contributed by atoms with van der Waals surface area (Å²) in [6.07, 6.45) is 0. The minimum absolute atomic E-state index is 0.0304. The van der Waals surface area contributed by atoms with Crippen molar-refractivity contribution in [3.05, 3.63) is 64.0 Å². The number of nitrogens with zero attached hydrogens (tertiary/aromatic N) is 1. The molecule has 0 aliphatic rings. The molecule has 17 heavy (non-hydrogen) atoms. The summed E-state index contributed by atoms with van der Waals surface area (Å²) < 4.78 is 13.4. The van der Waals surface area contributed by atoms with E-state index in [4.69, 9.17) is 0 Å². The van der Waals surface area contributed by atoms with E-state index in [1.807, 2.05) is 0 Å². The fourth-order valence-corrected chi connectivity index (χ4v) is 1.68. The van der Waals surface area contributed by atoms with Crippen molar-refractivity contribution in [3.8, 4) is 11.1 Å². The number of nitro groups is 1. The van der Waals surface area contributed by atoms with Crippen molar-refractivity contribution in [2.45, 2.75) is 6.92 Å². The molecule has 0 amide bonds. The Labute approximate surface area is 97.7 Å². The lowest BCUT2D eigenvalue weighted by Gasteiger charge is -2.06. The van der Waals surface area contributed by atoms with Gasteiger partial charge in [-0.1, -0.05) is 12.1 Å². The first-order valence-corrected chi connectivity index (χ1v) is 5.09. The number of nitro benzene ring substituents is 1.